The molecule has 0 amide bonds. The maximum absolute atomic E-state index is 7.29. The van der Waals surface area contributed by atoms with E-state index in [1.165, 1.54) is 16.8 Å². The van der Waals surface area contributed by atoms with Gasteiger partial charge in [-0.2, -0.15) is 0 Å². The van der Waals surface area contributed by atoms with Crippen LogP contribution in [0.3, 0.4) is 0 Å². The summed E-state index contributed by atoms with van der Waals surface area (Å²) in [4.78, 5) is 5.13. The molecule has 0 bridgehead atoms. The SMILES string of the molecule is CCCON(C)C(=N)SC.I. The number of thioether (sulfide) groups is 1. The average molecular weight is 290 g/mol. The number of rotatable bonds is 3. The van der Waals surface area contributed by atoms with Crippen molar-refractivity contribution in [2.24, 2.45) is 0 Å². The highest BCUT2D eigenvalue weighted by Crippen LogP contribution is 2.00. The topological polar surface area (TPSA) is 36.3 Å². The van der Waals surface area contributed by atoms with Crippen molar-refractivity contribution in [3.05, 3.63) is 0 Å². The van der Waals surface area contributed by atoms with Crippen molar-refractivity contribution < 1.29 is 4.84 Å². The number of hydroxylamine groups is 2. The normalized spacial score (nSPS) is 8.64. The van der Waals surface area contributed by atoms with E-state index < -0.39 is 0 Å². The summed E-state index contributed by atoms with van der Waals surface area (Å²) in [5.41, 5.74) is 0. The van der Waals surface area contributed by atoms with Crippen LogP contribution in [0, 0.1) is 5.41 Å². The standard InChI is InChI=1S/C6H14N2OS.HI/c1-4-5-9-8(2)6(7)10-3;/h7H,4-5H2,1-3H3;1H. The molecule has 0 rings (SSSR count). The van der Waals surface area contributed by atoms with Crippen LogP contribution in [0.2, 0.25) is 0 Å². The Morgan fingerprint density at radius 3 is 2.55 bits per heavy atom. The third-order valence-corrected chi connectivity index (χ3v) is 1.61. The van der Waals surface area contributed by atoms with Crippen molar-refractivity contribution in [3.8, 4) is 0 Å². The third-order valence-electron chi connectivity index (χ3n) is 0.968. The van der Waals surface area contributed by atoms with Crippen LogP contribution < -0.4 is 0 Å². The highest BCUT2D eigenvalue weighted by molar-refractivity contribution is 14.0. The molecule has 0 aliphatic carbocycles. The lowest BCUT2D eigenvalue weighted by molar-refractivity contribution is -0.0766. The van der Waals surface area contributed by atoms with Crippen molar-refractivity contribution >= 4 is 40.9 Å². The van der Waals surface area contributed by atoms with Crippen LogP contribution in [0.25, 0.3) is 0 Å². The minimum atomic E-state index is 0. The molecule has 3 nitrogen and oxygen atoms in total. The van der Waals surface area contributed by atoms with E-state index in [2.05, 4.69) is 0 Å². The molecule has 0 aromatic rings. The summed E-state index contributed by atoms with van der Waals surface area (Å²) in [6.45, 7) is 2.72. The number of nitrogens with one attached hydrogen (secondary N) is 1. The number of hydrogen-bond donors (Lipinski definition) is 1. The Morgan fingerprint density at radius 1 is 1.64 bits per heavy atom. The number of halogens is 1. The summed E-state index contributed by atoms with van der Waals surface area (Å²) >= 11 is 1.37. The van der Waals surface area contributed by atoms with E-state index in [9.17, 15) is 0 Å². The minimum Gasteiger partial charge on any atom is -0.277 e. The van der Waals surface area contributed by atoms with Gasteiger partial charge in [-0.3, -0.25) is 10.2 Å². The summed E-state index contributed by atoms with van der Waals surface area (Å²) < 4.78 is 0. The minimum absolute atomic E-state index is 0. The summed E-state index contributed by atoms with van der Waals surface area (Å²) in [7, 11) is 1.74. The van der Waals surface area contributed by atoms with E-state index in [0.29, 0.717) is 11.8 Å². The largest absolute Gasteiger partial charge is 0.277 e. The molecule has 0 aliphatic rings. The van der Waals surface area contributed by atoms with Gasteiger partial charge in [0.05, 0.1) is 6.61 Å². The Labute approximate surface area is 89.3 Å². The van der Waals surface area contributed by atoms with Crippen LogP contribution >= 0.6 is 35.7 Å². The van der Waals surface area contributed by atoms with Gasteiger partial charge in [-0.05, 0) is 12.7 Å². The zero-order valence-corrected chi connectivity index (χ0v) is 10.2. The first-order valence-corrected chi connectivity index (χ1v) is 4.44. The molecule has 11 heavy (non-hydrogen) atoms. The smallest absolute Gasteiger partial charge is 0.179 e. The maximum Gasteiger partial charge on any atom is 0.179 e. The van der Waals surface area contributed by atoms with Crippen molar-refractivity contribution in [2.75, 3.05) is 19.9 Å². The third kappa shape index (κ3) is 6.89. The fourth-order valence-electron chi connectivity index (χ4n) is 0.415. The molecule has 0 aromatic carbocycles. The molecule has 0 heterocycles. The van der Waals surface area contributed by atoms with Gasteiger partial charge in [0.2, 0.25) is 0 Å². The fourth-order valence-corrected chi connectivity index (χ4v) is 0.725. The monoisotopic (exact) mass is 290 g/mol. The van der Waals surface area contributed by atoms with Crippen LogP contribution in [-0.2, 0) is 4.84 Å². The summed E-state index contributed by atoms with van der Waals surface area (Å²) in [5, 5.41) is 9.20. The molecule has 5 heteroatoms. The molecule has 0 aromatic heterocycles. The van der Waals surface area contributed by atoms with Gasteiger partial charge in [0.25, 0.3) is 0 Å². The first kappa shape index (κ1) is 14.1. The Kier molecular flexibility index (Phi) is 11.0. The van der Waals surface area contributed by atoms with Gasteiger partial charge in [-0.1, -0.05) is 18.7 Å². The predicted octanol–water partition coefficient (Wildman–Crippen LogP) is 2.18. The second kappa shape index (κ2) is 8.61. The van der Waals surface area contributed by atoms with Crippen LogP contribution in [0.4, 0.5) is 0 Å². The summed E-state index contributed by atoms with van der Waals surface area (Å²) in [5.74, 6) is 0. The molecular weight excluding hydrogens is 275 g/mol. The van der Waals surface area contributed by atoms with E-state index in [1.807, 2.05) is 13.2 Å². The van der Waals surface area contributed by atoms with Gasteiger partial charge in [0, 0.05) is 7.05 Å². The molecule has 0 saturated carbocycles. The maximum atomic E-state index is 7.29. The van der Waals surface area contributed by atoms with Crippen LogP contribution in [0.15, 0.2) is 0 Å². The number of hydrogen-bond acceptors (Lipinski definition) is 3. The predicted molar refractivity (Wildman–Crippen MR) is 60.7 cm³/mol. The molecule has 68 valence electrons. The molecule has 0 unspecified atom stereocenters. The second-order valence-electron chi connectivity index (χ2n) is 1.84. The van der Waals surface area contributed by atoms with E-state index >= 15 is 0 Å². The van der Waals surface area contributed by atoms with Crippen molar-refractivity contribution in [3.63, 3.8) is 0 Å². The van der Waals surface area contributed by atoms with Crippen molar-refractivity contribution in [1.29, 1.82) is 5.41 Å². The second-order valence-corrected chi connectivity index (χ2v) is 2.63. The molecular formula is C6H15IN2OS. The molecule has 0 saturated heterocycles. The molecule has 1 N–H and O–H groups in total. The molecule has 0 fully saturated rings. The van der Waals surface area contributed by atoms with Gasteiger partial charge >= 0.3 is 0 Å². The van der Waals surface area contributed by atoms with Crippen molar-refractivity contribution in [1.82, 2.24) is 5.06 Å². The highest BCUT2D eigenvalue weighted by atomic mass is 127. The Balaban J connectivity index is 0. The van der Waals surface area contributed by atoms with E-state index in [0.717, 1.165) is 6.42 Å². The molecule has 0 atom stereocenters. The Hall–Kier alpha value is 0.510. The van der Waals surface area contributed by atoms with Crippen LogP contribution in [0.1, 0.15) is 13.3 Å². The van der Waals surface area contributed by atoms with Gasteiger partial charge in [-0.25, -0.2) is 5.06 Å². The number of amidine groups is 1. The fraction of sp³-hybridized carbons (Fsp3) is 0.833. The lowest BCUT2D eigenvalue weighted by Crippen LogP contribution is -2.23. The first-order chi connectivity index (χ1) is 4.72. The highest BCUT2D eigenvalue weighted by Gasteiger charge is 2.00. The van der Waals surface area contributed by atoms with Gasteiger partial charge in [0.15, 0.2) is 5.17 Å². The van der Waals surface area contributed by atoms with E-state index in [-0.39, 0.29) is 24.0 Å². The van der Waals surface area contributed by atoms with Crippen LogP contribution in [-0.4, -0.2) is 30.1 Å². The Bertz CT molecular complexity index is 113. The zero-order chi connectivity index (χ0) is 7.98. The summed E-state index contributed by atoms with van der Waals surface area (Å²) in [6, 6.07) is 0. The lowest BCUT2D eigenvalue weighted by atomic mass is 10.5. The zero-order valence-electron chi connectivity index (χ0n) is 7.09. The van der Waals surface area contributed by atoms with E-state index in [1.54, 1.807) is 7.05 Å². The molecule has 0 aliphatic heterocycles. The van der Waals surface area contributed by atoms with Crippen LogP contribution in [0.5, 0.6) is 0 Å². The summed E-state index contributed by atoms with van der Waals surface area (Å²) in [6.07, 6.45) is 2.83. The quantitative estimate of drug-likeness (QED) is 0.374. The van der Waals surface area contributed by atoms with Gasteiger partial charge in [0.1, 0.15) is 0 Å². The molecule has 0 radical (unpaired) electrons. The van der Waals surface area contributed by atoms with Gasteiger partial charge < -0.3 is 0 Å². The average Bonchev–Trinajstić information content (AvgIpc) is 1.98. The van der Waals surface area contributed by atoms with Gasteiger partial charge in [-0.15, -0.1) is 24.0 Å². The number of nitrogens with zero attached hydrogens (tertiary/aromatic N) is 1. The molecule has 0 spiro atoms. The lowest BCUT2D eigenvalue weighted by Gasteiger charge is -2.16. The van der Waals surface area contributed by atoms with Crippen molar-refractivity contribution in [2.45, 2.75) is 13.3 Å². The first-order valence-electron chi connectivity index (χ1n) is 3.21. The Morgan fingerprint density at radius 2 is 2.18 bits per heavy atom. The van der Waals surface area contributed by atoms with E-state index in [4.69, 9.17) is 10.2 Å².